The van der Waals surface area contributed by atoms with E-state index in [1.54, 1.807) is 12.1 Å². The summed E-state index contributed by atoms with van der Waals surface area (Å²) in [5, 5.41) is 10.8. The first-order valence-corrected chi connectivity index (χ1v) is 9.61. The minimum atomic E-state index is -4.46. The van der Waals surface area contributed by atoms with E-state index in [0.29, 0.717) is 15.6 Å². The van der Waals surface area contributed by atoms with Crippen LogP contribution in [0.25, 0.3) is 0 Å². The molecule has 0 aliphatic heterocycles. The van der Waals surface area contributed by atoms with Gasteiger partial charge in [0.25, 0.3) is 0 Å². The Kier molecular flexibility index (Phi) is 5.78. The van der Waals surface area contributed by atoms with Crippen molar-refractivity contribution in [3.63, 3.8) is 0 Å². The second-order valence-electron chi connectivity index (χ2n) is 8.99. The number of halogens is 4. The van der Waals surface area contributed by atoms with Crippen LogP contribution in [0.2, 0.25) is 0 Å². The van der Waals surface area contributed by atoms with Crippen LogP contribution in [-0.2, 0) is 10.8 Å². The highest BCUT2D eigenvalue weighted by Gasteiger charge is 2.43. The third-order valence-electron chi connectivity index (χ3n) is 4.59. The molecule has 0 bridgehead atoms. The maximum atomic E-state index is 14.1. The lowest BCUT2D eigenvalue weighted by atomic mass is 9.76. The smallest absolute Gasteiger partial charge is 0.399 e. The first kappa shape index (κ1) is 21.8. The summed E-state index contributed by atoms with van der Waals surface area (Å²) in [7, 11) is 0. The molecule has 0 aromatic heterocycles. The molecule has 27 heavy (non-hydrogen) atoms. The summed E-state index contributed by atoms with van der Waals surface area (Å²) in [5.41, 5.74) is 0.375. The molecule has 1 nitrogen and oxygen atoms in total. The van der Waals surface area contributed by atoms with Crippen molar-refractivity contribution in [3.8, 4) is 5.75 Å². The second kappa shape index (κ2) is 7.16. The Hall–Kier alpha value is -1.49. The molecule has 0 amide bonds. The lowest BCUT2D eigenvalue weighted by Crippen LogP contribution is -2.24. The molecule has 2 rings (SSSR count). The fourth-order valence-corrected chi connectivity index (χ4v) is 3.64. The maximum Gasteiger partial charge on any atom is 0.399 e. The van der Waals surface area contributed by atoms with Gasteiger partial charge in [-0.25, -0.2) is 0 Å². The number of phenols is 1. The van der Waals surface area contributed by atoms with Crippen LogP contribution in [0.3, 0.4) is 0 Å². The quantitative estimate of drug-likeness (QED) is 0.511. The van der Waals surface area contributed by atoms with Crippen LogP contribution in [0.5, 0.6) is 5.75 Å². The molecule has 0 saturated heterocycles. The van der Waals surface area contributed by atoms with Crippen LogP contribution in [0.15, 0.2) is 40.9 Å². The van der Waals surface area contributed by atoms with E-state index in [0.717, 1.165) is 0 Å². The molecule has 0 heterocycles. The van der Waals surface area contributed by atoms with Crippen LogP contribution in [0, 0.1) is 0 Å². The number of hydrogen-bond donors (Lipinski definition) is 1. The molecule has 2 aromatic carbocycles. The van der Waals surface area contributed by atoms with Crippen molar-refractivity contribution in [1.82, 2.24) is 0 Å². The van der Waals surface area contributed by atoms with Gasteiger partial charge in [-0.15, -0.1) is 0 Å². The standard InChI is InChI=1S/C22H26BrF3O/c1-20(2,3)16-11-14(12-17(19(16)27)21(4,5)6)18(22(24,25)26)13-8-7-9-15(23)10-13/h7-12,18,27H,1-6H3. The number of benzene rings is 2. The zero-order chi connectivity index (χ0) is 20.8. The fourth-order valence-electron chi connectivity index (χ4n) is 3.22. The first-order valence-electron chi connectivity index (χ1n) is 8.82. The summed E-state index contributed by atoms with van der Waals surface area (Å²) in [6.07, 6.45) is -4.46. The lowest BCUT2D eigenvalue weighted by Gasteiger charge is -2.30. The van der Waals surface area contributed by atoms with Gasteiger partial charge in [-0.05, 0) is 45.2 Å². The molecule has 5 heteroatoms. The molecule has 1 N–H and O–H groups in total. The predicted molar refractivity (Wildman–Crippen MR) is 108 cm³/mol. The third-order valence-corrected chi connectivity index (χ3v) is 5.08. The molecule has 148 valence electrons. The lowest BCUT2D eigenvalue weighted by molar-refractivity contribution is -0.141. The molecule has 0 aliphatic rings. The van der Waals surface area contributed by atoms with Crippen molar-refractivity contribution < 1.29 is 18.3 Å². The normalized spacial score (nSPS) is 14.3. The molecular formula is C22H26BrF3O. The Balaban J connectivity index is 2.84. The summed E-state index contributed by atoms with van der Waals surface area (Å²) in [6.45, 7) is 11.3. The van der Waals surface area contributed by atoms with E-state index in [9.17, 15) is 18.3 Å². The number of hydrogen-bond acceptors (Lipinski definition) is 1. The molecule has 0 radical (unpaired) electrons. The van der Waals surface area contributed by atoms with Crippen molar-refractivity contribution in [2.45, 2.75) is 64.5 Å². The third kappa shape index (κ3) is 4.87. The van der Waals surface area contributed by atoms with Crippen LogP contribution >= 0.6 is 15.9 Å². The molecule has 1 atom stereocenters. The molecule has 0 aliphatic carbocycles. The minimum absolute atomic E-state index is 0.0777. The number of aromatic hydroxyl groups is 1. The van der Waals surface area contributed by atoms with E-state index in [-0.39, 0.29) is 16.9 Å². The summed E-state index contributed by atoms with van der Waals surface area (Å²) < 4.78 is 42.9. The Morgan fingerprint density at radius 2 is 1.30 bits per heavy atom. The van der Waals surface area contributed by atoms with Gasteiger partial charge in [0.1, 0.15) is 11.7 Å². The summed E-state index contributed by atoms with van der Waals surface area (Å²) in [5.74, 6) is -1.69. The Morgan fingerprint density at radius 1 is 0.815 bits per heavy atom. The zero-order valence-electron chi connectivity index (χ0n) is 16.5. The van der Waals surface area contributed by atoms with E-state index in [2.05, 4.69) is 15.9 Å². The van der Waals surface area contributed by atoms with Gasteiger partial charge >= 0.3 is 6.18 Å². The number of phenolic OH excluding ortho intramolecular Hbond substituents is 1. The monoisotopic (exact) mass is 442 g/mol. The van der Waals surface area contributed by atoms with Crippen molar-refractivity contribution in [3.05, 3.63) is 63.1 Å². The van der Waals surface area contributed by atoms with Gasteiger partial charge in [-0.1, -0.05) is 81.7 Å². The van der Waals surface area contributed by atoms with E-state index >= 15 is 0 Å². The highest BCUT2D eigenvalue weighted by molar-refractivity contribution is 9.10. The van der Waals surface area contributed by atoms with Crippen LogP contribution in [0.1, 0.15) is 69.7 Å². The van der Waals surface area contributed by atoms with E-state index in [1.807, 2.05) is 41.5 Å². The van der Waals surface area contributed by atoms with E-state index in [1.165, 1.54) is 24.3 Å². The Bertz CT molecular complexity index is 792. The van der Waals surface area contributed by atoms with E-state index in [4.69, 9.17) is 0 Å². The fraction of sp³-hybridized carbons (Fsp3) is 0.455. The Labute approximate surface area is 167 Å². The average Bonchev–Trinajstić information content (AvgIpc) is 2.45. The van der Waals surface area contributed by atoms with Crippen LogP contribution in [-0.4, -0.2) is 11.3 Å². The molecule has 0 saturated carbocycles. The van der Waals surface area contributed by atoms with Crippen LogP contribution < -0.4 is 0 Å². The predicted octanol–water partition coefficient (Wildman–Crippen LogP) is 7.44. The topological polar surface area (TPSA) is 20.2 Å². The van der Waals surface area contributed by atoms with Gasteiger partial charge in [0.15, 0.2) is 0 Å². The van der Waals surface area contributed by atoms with Gasteiger partial charge in [-0.3, -0.25) is 0 Å². The largest absolute Gasteiger partial charge is 0.507 e. The Morgan fingerprint density at radius 3 is 1.67 bits per heavy atom. The van der Waals surface area contributed by atoms with Crippen molar-refractivity contribution in [2.75, 3.05) is 0 Å². The first-order chi connectivity index (χ1) is 12.1. The molecule has 1 unspecified atom stereocenters. The summed E-state index contributed by atoms with van der Waals surface area (Å²) in [4.78, 5) is 0. The van der Waals surface area contributed by atoms with Gasteiger partial charge in [0.05, 0.1) is 0 Å². The van der Waals surface area contributed by atoms with Crippen molar-refractivity contribution >= 4 is 15.9 Å². The summed E-state index contributed by atoms with van der Waals surface area (Å²) in [6, 6.07) is 9.30. The number of rotatable bonds is 2. The zero-order valence-corrected chi connectivity index (χ0v) is 18.1. The van der Waals surface area contributed by atoms with Gasteiger partial charge in [0.2, 0.25) is 0 Å². The SMILES string of the molecule is CC(C)(C)c1cc(C(c2cccc(Br)c2)C(F)(F)F)cc(C(C)(C)C)c1O. The van der Waals surface area contributed by atoms with E-state index < -0.39 is 22.9 Å². The minimum Gasteiger partial charge on any atom is -0.507 e. The highest BCUT2D eigenvalue weighted by Crippen LogP contribution is 2.46. The van der Waals surface area contributed by atoms with Crippen molar-refractivity contribution in [2.24, 2.45) is 0 Å². The van der Waals surface area contributed by atoms with Gasteiger partial charge in [-0.2, -0.15) is 13.2 Å². The number of alkyl halides is 3. The van der Waals surface area contributed by atoms with Gasteiger partial charge < -0.3 is 5.11 Å². The maximum absolute atomic E-state index is 14.1. The molecule has 0 fully saturated rings. The van der Waals surface area contributed by atoms with Crippen LogP contribution in [0.4, 0.5) is 13.2 Å². The molecule has 0 spiro atoms. The van der Waals surface area contributed by atoms with Crippen molar-refractivity contribution in [1.29, 1.82) is 0 Å². The molecular weight excluding hydrogens is 417 g/mol. The van der Waals surface area contributed by atoms with Gasteiger partial charge in [0, 0.05) is 4.47 Å². The molecule has 2 aromatic rings. The highest BCUT2D eigenvalue weighted by atomic mass is 79.9. The summed E-state index contributed by atoms with van der Waals surface area (Å²) >= 11 is 3.27. The average molecular weight is 443 g/mol. The second-order valence-corrected chi connectivity index (χ2v) is 9.91.